The van der Waals surface area contributed by atoms with Crippen LogP contribution in [0.2, 0.25) is 5.02 Å². The van der Waals surface area contributed by atoms with Gasteiger partial charge in [0.05, 0.1) is 3.79 Å². The summed E-state index contributed by atoms with van der Waals surface area (Å²) in [5.74, 6) is 0. The van der Waals surface area contributed by atoms with Gasteiger partial charge in [-0.3, -0.25) is 0 Å². The van der Waals surface area contributed by atoms with Gasteiger partial charge in [0.15, 0.2) is 0 Å². The second-order valence-corrected chi connectivity index (χ2v) is 8.73. The number of nitrogens with one attached hydrogen (secondary N) is 1. The molecule has 0 fully saturated rings. The van der Waals surface area contributed by atoms with Gasteiger partial charge in [-0.25, -0.2) is 13.1 Å². The first kappa shape index (κ1) is 15.0. The molecule has 0 radical (unpaired) electrons. The Morgan fingerprint density at radius 1 is 1.26 bits per heavy atom. The summed E-state index contributed by atoms with van der Waals surface area (Å²) in [6.07, 6.45) is 0. The zero-order valence-corrected chi connectivity index (χ0v) is 13.9. The number of hydrogen-bond acceptors (Lipinski definition) is 3. The van der Waals surface area contributed by atoms with Gasteiger partial charge in [-0.2, -0.15) is 0 Å². The molecule has 1 N–H and O–H groups in total. The summed E-state index contributed by atoms with van der Waals surface area (Å²) in [4.78, 5) is 0. The van der Waals surface area contributed by atoms with Crippen molar-refractivity contribution in [2.75, 3.05) is 0 Å². The Balaban J connectivity index is 2.24. The molecule has 1 aromatic heterocycles. The normalized spacial score (nSPS) is 13.4. The van der Waals surface area contributed by atoms with Crippen LogP contribution in [0.5, 0.6) is 0 Å². The largest absolute Gasteiger partial charge is 0.250 e. The monoisotopic (exact) mass is 379 g/mol. The van der Waals surface area contributed by atoms with Crippen molar-refractivity contribution in [3.05, 3.63) is 50.8 Å². The van der Waals surface area contributed by atoms with Crippen LogP contribution in [0.15, 0.2) is 44.4 Å². The van der Waals surface area contributed by atoms with Crippen molar-refractivity contribution >= 4 is 48.9 Å². The number of halogens is 2. The average molecular weight is 381 g/mol. The minimum Gasteiger partial charge on any atom is -0.206 e. The molecule has 0 bridgehead atoms. The van der Waals surface area contributed by atoms with E-state index in [0.717, 1.165) is 9.35 Å². The van der Waals surface area contributed by atoms with Gasteiger partial charge in [0.1, 0.15) is 4.21 Å². The van der Waals surface area contributed by atoms with E-state index in [9.17, 15) is 8.42 Å². The van der Waals surface area contributed by atoms with Gasteiger partial charge in [-0.15, -0.1) is 11.3 Å². The highest BCUT2D eigenvalue weighted by molar-refractivity contribution is 9.11. The highest BCUT2D eigenvalue weighted by Gasteiger charge is 2.21. The fraction of sp³-hybridized carbons (Fsp3) is 0.167. The third-order valence-electron chi connectivity index (χ3n) is 2.52. The van der Waals surface area contributed by atoms with Gasteiger partial charge in [-0.1, -0.05) is 29.8 Å². The maximum atomic E-state index is 12.2. The Bertz CT molecular complexity index is 685. The Labute approximate surface area is 129 Å². The third-order valence-corrected chi connectivity index (χ3v) is 6.52. The standard InChI is InChI=1S/C12H11BrClNO2S2/c1-8(9-4-2-3-5-10(9)14)15-19(16,17)12-7-6-11(13)18-12/h2-8,15H,1H3. The summed E-state index contributed by atoms with van der Waals surface area (Å²) in [5, 5.41) is 0.546. The van der Waals surface area contributed by atoms with Crippen molar-refractivity contribution in [3.63, 3.8) is 0 Å². The van der Waals surface area contributed by atoms with E-state index < -0.39 is 10.0 Å². The molecule has 1 heterocycles. The van der Waals surface area contributed by atoms with Crippen LogP contribution in [0.4, 0.5) is 0 Å². The summed E-state index contributed by atoms with van der Waals surface area (Å²) in [5.41, 5.74) is 0.753. The lowest BCUT2D eigenvalue weighted by Gasteiger charge is -2.15. The molecular weight excluding hydrogens is 370 g/mol. The van der Waals surface area contributed by atoms with Crippen LogP contribution in [-0.2, 0) is 10.0 Å². The number of hydrogen-bond donors (Lipinski definition) is 1. The maximum Gasteiger partial charge on any atom is 0.250 e. The summed E-state index contributed by atoms with van der Waals surface area (Å²) in [7, 11) is -3.52. The molecule has 0 saturated heterocycles. The van der Waals surface area contributed by atoms with Gasteiger partial charge < -0.3 is 0 Å². The molecule has 0 saturated carbocycles. The Kier molecular flexibility index (Phi) is 4.68. The molecule has 2 aromatic rings. The van der Waals surface area contributed by atoms with Crippen LogP contribution in [-0.4, -0.2) is 8.42 Å². The van der Waals surface area contributed by atoms with Gasteiger partial charge in [-0.05, 0) is 46.6 Å². The van der Waals surface area contributed by atoms with Gasteiger partial charge in [0, 0.05) is 11.1 Å². The fourth-order valence-electron chi connectivity index (χ4n) is 1.62. The third kappa shape index (κ3) is 3.58. The topological polar surface area (TPSA) is 46.2 Å². The number of benzene rings is 1. The van der Waals surface area contributed by atoms with Crippen molar-refractivity contribution in [1.82, 2.24) is 4.72 Å². The maximum absolute atomic E-state index is 12.2. The van der Waals surface area contributed by atoms with E-state index in [-0.39, 0.29) is 10.3 Å². The lowest BCUT2D eigenvalue weighted by Crippen LogP contribution is -2.26. The lowest BCUT2D eigenvalue weighted by atomic mass is 10.1. The predicted molar refractivity (Wildman–Crippen MR) is 82.2 cm³/mol. The first-order valence-electron chi connectivity index (χ1n) is 5.42. The van der Waals surface area contributed by atoms with E-state index in [1.807, 2.05) is 12.1 Å². The van der Waals surface area contributed by atoms with E-state index in [1.165, 1.54) is 11.3 Å². The molecule has 0 aliphatic rings. The van der Waals surface area contributed by atoms with E-state index in [2.05, 4.69) is 20.7 Å². The van der Waals surface area contributed by atoms with Crippen LogP contribution in [0.25, 0.3) is 0 Å². The zero-order chi connectivity index (χ0) is 14.0. The average Bonchev–Trinajstić information content (AvgIpc) is 2.76. The molecule has 19 heavy (non-hydrogen) atoms. The predicted octanol–water partition coefficient (Wildman–Crippen LogP) is 4.20. The SMILES string of the molecule is CC(NS(=O)(=O)c1ccc(Br)s1)c1ccccc1Cl. The molecule has 102 valence electrons. The highest BCUT2D eigenvalue weighted by atomic mass is 79.9. The Morgan fingerprint density at radius 3 is 2.53 bits per heavy atom. The smallest absolute Gasteiger partial charge is 0.206 e. The van der Waals surface area contributed by atoms with E-state index in [0.29, 0.717) is 5.02 Å². The summed E-state index contributed by atoms with van der Waals surface area (Å²) in [6.45, 7) is 1.77. The van der Waals surface area contributed by atoms with Gasteiger partial charge in [0.25, 0.3) is 10.0 Å². The van der Waals surface area contributed by atoms with Crippen LogP contribution >= 0.6 is 38.9 Å². The van der Waals surface area contributed by atoms with E-state index in [1.54, 1.807) is 31.2 Å². The number of rotatable bonds is 4. The van der Waals surface area contributed by atoms with Crippen LogP contribution in [0.3, 0.4) is 0 Å². The molecule has 0 aliphatic carbocycles. The van der Waals surface area contributed by atoms with E-state index in [4.69, 9.17) is 11.6 Å². The van der Waals surface area contributed by atoms with E-state index >= 15 is 0 Å². The zero-order valence-electron chi connectivity index (χ0n) is 9.93. The molecule has 3 nitrogen and oxygen atoms in total. The Morgan fingerprint density at radius 2 is 1.95 bits per heavy atom. The quantitative estimate of drug-likeness (QED) is 0.864. The summed E-state index contributed by atoms with van der Waals surface area (Å²) in [6, 6.07) is 10.1. The molecule has 2 rings (SSSR count). The molecule has 0 spiro atoms. The lowest BCUT2D eigenvalue weighted by molar-refractivity contribution is 0.569. The van der Waals surface area contributed by atoms with Crippen molar-refractivity contribution in [2.24, 2.45) is 0 Å². The first-order chi connectivity index (χ1) is 8.90. The minimum absolute atomic E-state index is 0.276. The van der Waals surface area contributed by atoms with Crippen molar-refractivity contribution in [2.45, 2.75) is 17.2 Å². The second-order valence-electron chi connectivity index (χ2n) is 3.92. The first-order valence-corrected chi connectivity index (χ1v) is 8.89. The molecule has 0 aliphatic heterocycles. The van der Waals surface area contributed by atoms with Crippen LogP contribution in [0.1, 0.15) is 18.5 Å². The number of thiophene rings is 1. The highest BCUT2D eigenvalue weighted by Crippen LogP contribution is 2.28. The van der Waals surface area contributed by atoms with Crippen molar-refractivity contribution in [1.29, 1.82) is 0 Å². The fourth-order valence-corrected chi connectivity index (χ4v) is 5.17. The molecular formula is C12H11BrClNO2S2. The van der Waals surface area contributed by atoms with Gasteiger partial charge in [0.2, 0.25) is 0 Å². The second kappa shape index (κ2) is 5.93. The van der Waals surface area contributed by atoms with Gasteiger partial charge >= 0.3 is 0 Å². The molecule has 1 aromatic carbocycles. The minimum atomic E-state index is -3.52. The number of sulfonamides is 1. The summed E-state index contributed by atoms with van der Waals surface area (Å²) < 4.78 is 28.0. The van der Waals surface area contributed by atoms with Crippen molar-refractivity contribution in [3.8, 4) is 0 Å². The van der Waals surface area contributed by atoms with Crippen molar-refractivity contribution < 1.29 is 8.42 Å². The molecule has 7 heteroatoms. The Hall–Kier alpha value is -0.400. The van der Waals surface area contributed by atoms with Crippen LogP contribution < -0.4 is 4.72 Å². The van der Waals surface area contributed by atoms with Crippen LogP contribution in [0, 0.1) is 0 Å². The summed E-state index contributed by atoms with van der Waals surface area (Å²) >= 11 is 10.5. The molecule has 1 atom stereocenters. The molecule has 1 unspecified atom stereocenters. The molecule has 0 amide bonds.